The molecule has 12 aromatic carbocycles. The van der Waals surface area contributed by atoms with Crippen LogP contribution in [0.2, 0.25) is 0 Å². The van der Waals surface area contributed by atoms with Gasteiger partial charge in [-0.15, -0.1) is 0 Å². The van der Waals surface area contributed by atoms with Gasteiger partial charge in [0.25, 0.3) is 0 Å². The molecular formula is C92H87BrN8O8. The molecule has 0 radical (unpaired) electrons. The van der Waals surface area contributed by atoms with Gasteiger partial charge in [0.05, 0.1) is 24.2 Å². The molecule has 0 aliphatic carbocycles. The van der Waals surface area contributed by atoms with Gasteiger partial charge in [-0.25, -0.2) is 19.2 Å². The van der Waals surface area contributed by atoms with Crippen LogP contribution < -0.4 is 39.2 Å². The Morgan fingerprint density at radius 2 is 0.413 bits per heavy atom. The second kappa shape index (κ2) is 31.5. The van der Waals surface area contributed by atoms with Crippen molar-refractivity contribution < 1.29 is 39.6 Å². The van der Waals surface area contributed by atoms with E-state index in [-0.39, 0.29) is 24.1 Å². The van der Waals surface area contributed by atoms with Crippen LogP contribution in [0.5, 0.6) is 0 Å². The Hall–Kier alpha value is -12.0. The maximum absolute atomic E-state index is 13.6. The normalized spacial score (nSPS) is 22.2. The molecule has 8 atom stereocenters. The van der Waals surface area contributed by atoms with Gasteiger partial charge in [0, 0.05) is 72.2 Å². The summed E-state index contributed by atoms with van der Waals surface area (Å²) in [5.41, 5.74) is 6.63. The van der Waals surface area contributed by atoms with E-state index in [1.54, 1.807) is 19.6 Å². The van der Waals surface area contributed by atoms with Crippen LogP contribution in [0.25, 0.3) is 0 Å². The molecule has 4 aliphatic heterocycles. The first-order valence-corrected chi connectivity index (χ1v) is 37.1. The van der Waals surface area contributed by atoms with Gasteiger partial charge >= 0.3 is 24.1 Å². The minimum Gasteiger partial charge on any atom is -0.365 e. The fourth-order valence-corrected chi connectivity index (χ4v) is 15.6. The van der Waals surface area contributed by atoms with E-state index in [0.717, 1.165) is 49.5 Å². The Morgan fingerprint density at radius 3 is 0.596 bits per heavy atom. The zero-order valence-electron chi connectivity index (χ0n) is 61.9. The number of halogens is 1. The summed E-state index contributed by atoms with van der Waals surface area (Å²) < 4.78 is 0.912. The Balaban J connectivity index is 0.000000128. The minimum absolute atomic E-state index is 0.246. The van der Waals surface area contributed by atoms with E-state index >= 15 is 0 Å². The Morgan fingerprint density at radius 1 is 0.239 bits per heavy atom. The van der Waals surface area contributed by atoms with Crippen LogP contribution in [0, 0.1) is 27.7 Å². The molecule has 8 amide bonds. The minimum atomic E-state index is -1.51. The molecule has 12 aromatic rings. The standard InChI is InChI=1S/C23H21BrN2O2.3C23H22N2O2/c1-16-7-6-8-18(15-16)23(28)17(2)25(20-9-4-3-5-10-20)22(27)26(23)21-13-11-19(24)12-14-21;3*1-17-10-9-11-19(16-17)23(27)18(2)24(20-12-5-3-6-13-20)22(26)25(23)21-14-7-4-8-15-21/h3-15,17,28H,1-2H3;3*3-16,18,27H,1-2H3/t;2*18-,23?;/m.10./s1. The van der Waals surface area contributed by atoms with E-state index in [2.05, 4.69) is 15.9 Å². The van der Waals surface area contributed by atoms with E-state index in [1.807, 2.05) is 389 Å². The van der Waals surface area contributed by atoms with E-state index in [4.69, 9.17) is 0 Å². The molecule has 0 bridgehead atoms. The fraction of sp³-hybridized carbons (Fsp3) is 0.174. The molecule has 17 heteroatoms. The predicted octanol–water partition coefficient (Wildman–Crippen LogP) is 19.5. The number of hydrogen-bond donors (Lipinski definition) is 4. The zero-order chi connectivity index (χ0) is 76.9. The number of nitrogens with zero attached hydrogens (tertiary/aromatic N) is 8. The molecule has 4 N–H and O–H groups in total. The maximum atomic E-state index is 13.6. The van der Waals surface area contributed by atoms with Gasteiger partial charge < -0.3 is 20.4 Å². The first-order valence-electron chi connectivity index (χ1n) is 36.4. The number of aryl methyl sites for hydroxylation is 4. The Labute approximate surface area is 645 Å². The van der Waals surface area contributed by atoms with Crippen molar-refractivity contribution in [2.75, 3.05) is 39.2 Å². The van der Waals surface area contributed by atoms with Crippen molar-refractivity contribution in [3.8, 4) is 0 Å². The van der Waals surface area contributed by atoms with Gasteiger partial charge in [0.15, 0.2) is 22.9 Å². The lowest BCUT2D eigenvalue weighted by Crippen LogP contribution is -2.48. The zero-order valence-corrected chi connectivity index (χ0v) is 63.5. The number of hydrogen-bond acceptors (Lipinski definition) is 8. The van der Waals surface area contributed by atoms with Gasteiger partial charge in [-0.05, 0) is 165 Å². The second-order valence-corrected chi connectivity index (χ2v) is 28.8. The summed E-state index contributed by atoms with van der Waals surface area (Å²) in [6.07, 6.45) is 0. The van der Waals surface area contributed by atoms with Crippen LogP contribution in [-0.2, 0) is 22.9 Å². The van der Waals surface area contributed by atoms with Crippen molar-refractivity contribution in [3.63, 3.8) is 0 Å². The number of anilines is 8. The Bertz CT molecular complexity index is 4800. The lowest BCUT2D eigenvalue weighted by molar-refractivity contribution is 0.0368. The summed E-state index contributed by atoms with van der Waals surface area (Å²) in [6.45, 7) is 15.5. The van der Waals surface area contributed by atoms with Crippen LogP contribution in [0.1, 0.15) is 72.2 Å². The van der Waals surface area contributed by atoms with E-state index in [0.29, 0.717) is 45.0 Å². The molecule has 0 spiro atoms. The molecule has 4 heterocycles. The molecule has 4 saturated heterocycles. The molecule has 16 rings (SSSR count). The van der Waals surface area contributed by atoms with Gasteiger partial charge in [-0.1, -0.05) is 263 Å². The van der Waals surface area contributed by atoms with Gasteiger partial charge in [-0.2, -0.15) is 0 Å². The van der Waals surface area contributed by atoms with Crippen molar-refractivity contribution in [1.29, 1.82) is 0 Å². The van der Waals surface area contributed by atoms with Crippen molar-refractivity contribution in [2.24, 2.45) is 0 Å². The highest BCUT2D eigenvalue weighted by Gasteiger charge is 2.61. The third-order valence-corrected chi connectivity index (χ3v) is 21.4. The number of benzene rings is 12. The first-order chi connectivity index (χ1) is 52.5. The van der Waals surface area contributed by atoms with Crippen LogP contribution >= 0.6 is 15.9 Å². The van der Waals surface area contributed by atoms with Gasteiger partial charge in [-0.3, -0.25) is 39.2 Å². The van der Waals surface area contributed by atoms with E-state index < -0.39 is 47.1 Å². The molecular weight excluding hydrogens is 1420 g/mol. The van der Waals surface area contributed by atoms with Crippen molar-refractivity contribution >= 4 is 85.6 Å². The summed E-state index contributed by atoms with van der Waals surface area (Å²) in [4.78, 5) is 66.6. The third-order valence-electron chi connectivity index (χ3n) is 20.9. The highest BCUT2D eigenvalue weighted by Crippen LogP contribution is 2.49. The number of carbonyl (C=O) groups is 4. The summed E-state index contributed by atoms with van der Waals surface area (Å²) in [6, 6.07) is 101. The third kappa shape index (κ3) is 14.0. The highest BCUT2D eigenvalue weighted by atomic mass is 79.9. The van der Waals surface area contributed by atoms with Crippen molar-refractivity contribution in [1.82, 2.24) is 0 Å². The average Bonchev–Trinajstić information content (AvgIpc) is 1.59. The number of amides is 8. The van der Waals surface area contributed by atoms with Crippen LogP contribution in [0.3, 0.4) is 0 Å². The largest absolute Gasteiger partial charge is 0.365 e. The predicted molar refractivity (Wildman–Crippen MR) is 439 cm³/mol. The van der Waals surface area contributed by atoms with Crippen molar-refractivity contribution in [3.05, 3.63) is 383 Å². The maximum Gasteiger partial charge on any atom is 0.332 e. The molecule has 6 unspecified atom stereocenters. The average molecular weight is 1510 g/mol. The van der Waals surface area contributed by atoms with Crippen LogP contribution in [0.4, 0.5) is 64.7 Å². The number of carbonyl (C=O) groups excluding carboxylic acids is 4. The second-order valence-electron chi connectivity index (χ2n) is 27.9. The molecule has 0 aromatic heterocycles. The van der Waals surface area contributed by atoms with Gasteiger partial charge in [0.1, 0.15) is 0 Å². The molecule has 0 saturated carbocycles. The van der Waals surface area contributed by atoms with E-state index in [9.17, 15) is 39.6 Å². The summed E-state index contributed by atoms with van der Waals surface area (Å²) in [7, 11) is 0. The summed E-state index contributed by atoms with van der Waals surface area (Å²) >= 11 is 3.44. The smallest absolute Gasteiger partial charge is 0.332 e. The Kier molecular flexibility index (Phi) is 21.7. The fourth-order valence-electron chi connectivity index (χ4n) is 15.4. The van der Waals surface area contributed by atoms with E-state index in [1.165, 1.54) is 19.6 Å². The monoisotopic (exact) mass is 1510 g/mol. The summed E-state index contributed by atoms with van der Waals surface area (Å²) in [5, 5.41) is 47.8. The van der Waals surface area contributed by atoms with Crippen LogP contribution in [0.15, 0.2) is 338 Å². The quantitative estimate of drug-likeness (QED) is 0.0935. The molecule has 4 fully saturated rings. The van der Waals surface area contributed by atoms with Crippen molar-refractivity contribution in [2.45, 2.75) is 102 Å². The lowest BCUT2D eigenvalue weighted by atomic mass is 9.93. The highest BCUT2D eigenvalue weighted by molar-refractivity contribution is 9.10. The van der Waals surface area contributed by atoms with Gasteiger partial charge in [0.2, 0.25) is 0 Å². The number of aliphatic hydroxyl groups is 4. The number of urea groups is 4. The van der Waals surface area contributed by atoms with Crippen LogP contribution in [-0.4, -0.2) is 68.7 Å². The topological polar surface area (TPSA) is 175 Å². The SMILES string of the molecule is Cc1cccc(C2(O)C(C)N(c3ccccc3)C(=O)N2c2ccc(Br)cc2)c1.Cc1cccc(C2(O)C(C)N(c3ccccc3)C(=O)N2c2ccccc2)c1.Cc1cccc(C2(O)[C@@H](C)N(c3ccccc3)C(=O)N2c2ccccc2)c1.Cc1cccc(C2(O)[C@H](C)N(c3ccccc3)C(=O)N2c2ccccc2)c1. The number of para-hydroxylation sites is 7. The number of rotatable bonds is 12. The molecule has 550 valence electrons. The lowest BCUT2D eigenvalue weighted by Gasteiger charge is -2.36. The molecule has 4 aliphatic rings. The molecule has 109 heavy (non-hydrogen) atoms. The first kappa shape index (κ1) is 75.3. The molecule has 16 nitrogen and oxygen atoms in total. The summed E-state index contributed by atoms with van der Waals surface area (Å²) in [5.74, 6) is 0.